The van der Waals surface area contributed by atoms with Crippen LogP contribution in [-0.2, 0) is 17.8 Å². The first-order valence-electron chi connectivity index (χ1n) is 6.49. The maximum absolute atomic E-state index is 13.0. The molecule has 0 spiro atoms. The standard InChI is InChI=1S/C16H12BrFN2O/c17-14-8-12(18)6-5-11(14)7-13(21)9-20-10-19-15-3-1-2-4-16(15)20/h1-6,8,10H,7,9H2. The molecule has 0 aliphatic carbocycles. The minimum absolute atomic E-state index is 0.0467. The molecule has 0 radical (unpaired) electrons. The number of imidazole rings is 1. The predicted molar refractivity (Wildman–Crippen MR) is 82.5 cm³/mol. The molecule has 0 N–H and O–H groups in total. The van der Waals surface area contributed by atoms with Crippen LogP contribution in [0.25, 0.3) is 11.0 Å². The molecule has 0 amide bonds. The van der Waals surface area contributed by atoms with Gasteiger partial charge in [0.25, 0.3) is 0 Å². The van der Waals surface area contributed by atoms with Crippen LogP contribution >= 0.6 is 15.9 Å². The number of hydrogen-bond donors (Lipinski definition) is 0. The lowest BCUT2D eigenvalue weighted by atomic mass is 10.1. The molecule has 3 aromatic rings. The monoisotopic (exact) mass is 346 g/mol. The largest absolute Gasteiger partial charge is 0.323 e. The minimum Gasteiger partial charge on any atom is -0.323 e. The second-order valence-corrected chi connectivity index (χ2v) is 5.67. The van der Waals surface area contributed by atoms with E-state index >= 15 is 0 Å². The number of carbonyl (C=O) groups excluding carboxylic acids is 1. The molecule has 0 saturated heterocycles. The molecule has 0 aliphatic rings. The van der Waals surface area contributed by atoms with Crippen LogP contribution < -0.4 is 0 Å². The van der Waals surface area contributed by atoms with E-state index in [1.54, 1.807) is 12.4 Å². The van der Waals surface area contributed by atoms with Gasteiger partial charge in [0, 0.05) is 10.9 Å². The number of benzene rings is 2. The molecule has 2 aromatic carbocycles. The summed E-state index contributed by atoms with van der Waals surface area (Å²) in [6, 6.07) is 12.0. The summed E-state index contributed by atoms with van der Waals surface area (Å²) in [6.07, 6.45) is 1.93. The van der Waals surface area contributed by atoms with Gasteiger partial charge in [0.05, 0.1) is 23.9 Å². The summed E-state index contributed by atoms with van der Waals surface area (Å²) >= 11 is 3.28. The average molecular weight is 347 g/mol. The number of rotatable bonds is 4. The first-order valence-corrected chi connectivity index (χ1v) is 7.28. The summed E-state index contributed by atoms with van der Waals surface area (Å²) in [5.41, 5.74) is 2.59. The topological polar surface area (TPSA) is 34.9 Å². The number of hydrogen-bond acceptors (Lipinski definition) is 2. The Kier molecular flexibility index (Phi) is 3.84. The molecule has 0 atom stereocenters. The Labute approximate surface area is 129 Å². The van der Waals surface area contributed by atoms with Gasteiger partial charge in [-0.1, -0.05) is 34.1 Å². The maximum Gasteiger partial charge on any atom is 0.156 e. The number of Topliss-reactive ketones (excluding diaryl/α,β-unsaturated/α-hetero) is 1. The van der Waals surface area contributed by atoms with E-state index in [2.05, 4.69) is 20.9 Å². The molecule has 0 saturated carbocycles. The van der Waals surface area contributed by atoms with Crippen molar-refractivity contribution in [2.45, 2.75) is 13.0 Å². The first kappa shape index (κ1) is 13.9. The normalized spacial score (nSPS) is 11.0. The van der Waals surface area contributed by atoms with Crippen LogP contribution in [0.1, 0.15) is 5.56 Å². The van der Waals surface area contributed by atoms with E-state index in [1.165, 1.54) is 12.1 Å². The van der Waals surface area contributed by atoms with Crippen molar-refractivity contribution in [2.24, 2.45) is 0 Å². The van der Waals surface area contributed by atoms with E-state index in [4.69, 9.17) is 0 Å². The number of ketones is 1. The van der Waals surface area contributed by atoms with Gasteiger partial charge < -0.3 is 4.57 Å². The highest BCUT2D eigenvalue weighted by Gasteiger charge is 2.10. The number of carbonyl (C=O) groups is 1. The summed E-state index contributed by atoms with van der Waals surface area (Å²) in [7, 11) is 0. The van der Waals surface area contributed by atoms with Crippen molar-refractivity contribution in [3.05, 3.63) is 64.6 Å². The third kappa shape index (κ3) is 3.03. The van der Waals surface area contributed by atoms with Crippen molar-refractivity contribution in [3.8, 4) is 0 Å². The SMILES string of the molecule is O=C(Cc1ccc(F)cc1Br)Cn1cnc2ccccc21. The Bertz CT molecular complexity index is 813. The molecule has 5 heteroatoms. The number of nitrogens with zero attached hydrogens (tertiary/aromatic N) is 2. The van der Waals surface area contributed by atoms with Gasteiger partial charge in [-0.25, -0.2) is 9.37 Å². The third-order valence-corrected chi connectivity index (χ3v) is 4.02. The predicted octanol–water partition coefficient (Wildman–Crippen LogP) is 3.75. The van der Waals surface area contributed by atoms with Gasteiger partial charge >= 0.3 is 0 Å². The summed E-state index contributed by atoms with van der Waals surface area (Å²) in [5, 5.41) is 0. The number of para-hydroxylation sites is 2. The van der Waals surface area contributed by atoms with Gasteiger partial charge in [-0.2, -0.15) is 0 Å². The van der Waals surface area contributed by atoms with Gasteiger partial charge in [-0.05, 0) is 29.8 Å². The van der Waals surface area contributed by atoms with Gasteiger partial charge in [0.15, 0.2) is 5.78 Å². The van der Waals surface area contributed by atoms with E-state index in [1.807, 2.05) is 28.8 Å². The lowest BCUT2D eigenvalue weighted by molar-refractivity contribution is -0.118. The van der Waals surface area contributed by atoms with Crippen molar-refractivity contribution in [2.75, 3.05) is 0 Å². The Balaban J connectivity index is 1.77. The Morgan fingerprint density at radius 1 is 1.24 bits per heavy atom. The molecule has 0 aliphatic heterocycles. The molecule has 1 aromatic heterocycles. The highest BCUT2D eigenvalue weighted by Crippen LogP contribution is 2.19. The second-order valence-electron chi connectivity index (χ2n) is 4.81. The molecule has 3 rings (SSSR count). The van der Waals surface area contributed by atoms with E-state index in [9.17, 15) is 9.18 Å². The number of halogens is 2. The third-order valence-electron chi connectivity index (χ3n) is 3.28. The Morgan fingerprint density at radius 2 is 2.05 bits per heavy atom. The van der Waals surface area contributed by atoms with Crippen molar-refractivity contribution in [3.63, 3.8) is 0 Å². The molecule has 106 valence electrons. The van der Waals surface area contributed by atoms with Crippen LogP contribution in [0, 0.1) is 5.82 Å². The fourth-order valence-electron chi connectivity index (χ4n) is 2.26. The lowest BCUT2D eigenvalue weighted by Crippen LogP contribution is -2.12. The van der Waals surface area contributed by atoms with Gasteiger partial charge in [0.1, 0.15) is 5.82 Å². The van der Waals surface area contributed by atoms with Crippen LogP contribution in [0.15, 0.2) is 53.3 Å². The molecule has 1 heterocycles. The summed E-state index contributed by atoms with van der Waals surface area (Å²) in [5.74, 6) is -0.274. The zero-order valence-electron chi connectivity index (χ0n) is 11.1. The van der Waals surface area contributed by atoms with E-state index in [0.29, 0.717) is 4.47 Å². The summed E-state index contributed by atoms with van der Waals surface area (Å²) < 4.78 is 15.5. The smallest absolute Gasteiger partial charge is 0.156 e. The quantitative estimate of drug-likeness (QED) is 0.721. The van der Waals surface area contributed by atoms with Gasteiger partial charge in [-0.3, -0.25) is 4.79 Å². The van der Waals surface area contributed by atoms with Crippen molar-refractivity contribution < 1.29 is 9.18 Å². The first-order chi connectivity index (χ1) is 10.1. The molecular weight excluding hydrogens is 335 g/mol. The lowest BCUT2D eigenvalue weighted by Gasteiger charge is -2.06. The van der Waals surface area contributed by atoms with Crippen LogP contribution in [-0.4, -0.2) is 15.3 Å². The van der Waals surface area contributed by atoms with Crippen LogP contribution in [0.5, 0.6) is 0 Å². The Hall–Kier alpha value is -2.01. The van der Waals surface area contributed by atoms with Crippen LogP contribution in [0.2, 0.25) is 0 Å². The fraction of sp³-hybridized carbons (Fsp3) is 0.125. The molecule has 21 heavy (non-hydrogen) atoms. The molecule has 0 unspecified atom stereocenters. The van der Waals surface area contributed by atoms with Crippen LogP contribution in [0.3, 0.4) is 0 Å². The fourth-order valence-corrected chi connectivity index (χ4v) is 2.75. The zero-order valence-corrected chi connectivity index (χ0v) is 12.7. The van der Waals surface area contributed by atoms with Crippen molar-refractivity contribution in [1.29, 1.82) is 0 Å². The second kappa shape index (κ2) is 5.77. The van der Waals surface area contributed by atoms with Crippen LogP contribution in [0.4, 0.5) is 4.39 Å². The summed E-state index contributed by atoms with van der Waals surface area (Å²) in [6.45, 7) is 0.254. The van der Waals surface area contributed by atoms with E-state index in [0.717, 1.165) is 16.6 Å². The van der Waals surface area contributed by atoms with E-state index < -0.39 is 0 Å². The number of aromatic nitrogens is 2. The van der Waals surface area contributed by atoms with Crippen molar-refractivity contribution in [1.82, 2.24) is 9.55 Å². The van der Waals surface area contributed by atoms with E-state index in [-0.39, 0.29) is 24.6 Å². The highest BCUT2D eigenvalue weighted by atomic mass is 79.9. The molecule has 3 nitrogen and oxygen atoms in total. The zero-order chi connectivity index (χ0) is 14.8. The minimum atomic E-state index is -0.321. The molecule has 0 bridgehead atoms. The highest BCUT2D eigenvalue weighted by molar-refractivity contribution is 9.10. The number of fused-ring (bicyclic) bond motifs is 1. The molecular formula is C16H12BrFN2O. The summed E-state index contributed by atoms with van der Waals surface area (Å²) in [4.78, 5) is 16.5. The Morgan fingerprint density at radius 3 is 2.86 bits per heavy atom. The average Bonchev–Trinajstić information content (AvgIpc) is 2.85. The van der Waals surface area contributed by atoms with Gasteiger partial charge in [0.2, 0.25) is 0 Å². The maximum atomic E-state index is 13.0. The van der Waals surface area contributed by atoms with Crippen molar-refractivity contribution >= 4 is 32.7 Å². The van der Waals surface area contributed by atoms with Gasteiger partial charge in [-0.15, -0.1) is 0 Å². The molecule has 0 fully saturated rings.